The summed E-state index contributed by atoms with van der Waals surface area (Å²) in [6, 6.07) is 13.8. The van der Waals surface area contributed by atoms with Crippen molar-refractivity contribution in [3.05, 3.63) is 56.5 Å². The predicted octanol–water partition coefficient (Wildman–Crippen LogP) is 9.70. The molecule has 0 saturated carbocycles. The maximum absolute atomic E-state index is 9.95. The molecule has 0 radical (unpaired) electrons. The van der Waals surface area contributed by atoms with Crippen LogP contribution in [0.5, 0.6) is 0 Å². The number of fused-ring (bicyclic) bond motifs is 3. The van der Waals surface area contributed by atoms with Gasteiger partial charge in [-0.1, -0.05) is 115 Å². The normalized spacial score (nSPS) is 15.6. The summed E-state index contributed by atoms with van der Waals surface area (Å²) in [5.74, 6) is 0. The molecule has 0 fully saturated rings. The van der Waals surface area contributed by atoms with Crippen LogP contribution in [0, 0.1) is 0 Å². The average molecular weight is 608 g/mol. The van der Waals surface area contributed by atoms with Crippen molar-refractivity contribution in [3.8, 4) is 11.1 Å². The highest BCUT2D eigenvalue weighted by atomic mass is 79.9. The first kappa shape index (κ1) is 28.9. The predicted molar refractivity (Wildman–Crippen MR) is 156 cm³/mol. The summed E-state index contributed by atoms with van der Waals surface area (Å²) in [6.45, 7) is 4.04. The van der Waals surface area contributed by atoms with Gasteiger partial charge < -0.3 is 10.2 Å². The van der Waals surface area contributed by atoms with E-state index in [2.05, 4.69) is 75.2 Å². The number of aliphatic hydroxyl groups is 2. The lowest BCUT2D eigenvalue weighted by molar-refractivity contribution is 0.0834. The van der Waals surface area contributed by atoms with Gasteiger partial charge in [-0.05, 0) is 79.1 Å². The van der Waals surface area contributed by atoms with Crippen LogP contribution in [0.15, 0.2) is 45.3 Å². The van der Waals surface area contributed by atoms with E-state index in [-0.39, 0.29) is 11.5 Å². The first-order chi connectivity index (χ1) is 16.9. The fourth-order valence-corrected chi connectivity index (χ4v) is 6.70. The van der Waals surface area contributed by atoms with E-state index in [0.29, 0.717) is 6.42 Å². The first-order valence-corrected chi connectivity index (χ1v) is 15.4. The molecule has 2 aromatic rings. The topological polar surface area (TPSA) is 40.5 Å². The number of hydrogen-bond acceptors (Lipinski definition) is 2. The monoisotopic (exact) mass is 606 g/mol. The molecule has 0 bridgehead atoms. The number of aliphatic hydroxyl groups excluding tert-OH is 2. The maximum Gasteiger partial charge on any atom is 0.0564 e. The van der Waals surface area contributed by atoms with Gasteiger partial charge in [0.15, 0.2) is 0 Å². The Kier molecular flexibility index (Phi) is 11.8. The number of halogens is 2. The molecule has 2 N–H and O–H groups in total. The van der Waals surface area contributed by atoms with Crippen molar-refractivity contribution in [3.63, 3.8) is 0 Å². The summed E-state index contributed by atoms with van der Waals surface area (Å²) in [4.78, 5) is 0. The van der Waals surface area contributed by atoms with Crippen LogP contribution in [0.4, 0.5) is 0 Å². The smallest absolute Gasteiger partial charge is 0.0564 e. The molecule has 2 unspecified atom stereocenters. The summed E-state index contributed by atoms with van der Waals surface area (Å²) in [5.41, 5.74) is 5.98. The molecule has 0 saturated heterocycles. The third-order valence-corrected chi connectivity index (χ3v) is 8.73. The van der Waals surface area contributed by atoms with Crippen LogP contribution in [-0.2, 0) is 5.41 Å². The van der Waals surface area contributed by atoms with Gasteiger partial charge in [0.2, 0.25) is 0 Å². The lowest BCUT2D eigenvalue weighted by Crippen LogP contribution is -2.25. The van der Waals surface area contributed by atoms with Crippen LogP contribution in [0.25, 0.3) is 11.1 Å². The second kappa shape index (κ2) is 14.3. The van der Waals surface area contributed by atoms with Crippen LogP contribution in [0.2, 0.25) is 0 Å². The van der Waals surface area contributed by atoms with E-state index >= 15 is 0 Å². The van der Waals surface area contributed by atoms with Crippen molar-refractivity contribution in [1.82, 2.24) is 0 Å². The Bertz CT molecular complexity index is 873. The van der Waals surface area contributed by atoms with E-state index < -0.39 is 6.10 Å². The molecule has 2 atom stereocenters. The minimum Gasteiger partial charge on any atom is -0.393 e. The van der Waals surface area contributed by atoms with Gasteiger partial charge in [-0.2, -0.15) is 0 Å². The quantitative estimate of drug-likeness (QED) is 0.186. The Hall–Kier alpha value is -0.680. The number of hydrogen-bond donors (Lipinski definition) is 2. The zero-order chi connectivity index (χ0) is 25.3. The molecular formula is C31H44Br2O2. The molecule has 0 amide bonds. The molecule has 35 heavy (non-hydrogen) atoms. The van der Waals surface area contributed by atoms with Crippen molar-refractivity contribution < 1.29 is 10.2 Å². The standard InChI is InChI=1S/C31H44Br2O2/c1-3-4-5-11-18-31(19-12-9-7-6-8-10-13-26(35)20-23(2)34)29-21-24(32)14-16-27(29)28-17-15-25(33)22-30(28)31/h14-17,21-23,26,34-35H,3-13,18-20H2,1-2H3. The molecule has 194 valence electrons. The lowest BCUT2D eigenvalue weighted by Gasteiger charge is -2.33. The summed E-state index contributed by atoms with van der Waals surface area (Å²) in [6.07, 6.45) is 15.4. The van der Waals surface area contributed by atoms with E-state index in [1.165, 1.54) is 102 Å². The summed E-state index contributed by atoms with van der Waals surface area (Å²) < 4.78 is 2.36. The highest BCUT2D eigenvalue weighted by Crippen LogP contribution is 2.55. The first-order valence-electron chi connectivity index (χ1n) is 13.8. The SMILES string of the molecule is CCCCCCC1(CCCCCCCCC(O)CC(C)O)c2cc(Br)ccc2-c2ccc(Br)cc21. The number of unbranched alkanes of at least 4 members (excludes halogenated alkanes) is 8. The Morgan fingerprint density at radius 1 is 0.714 bits per heavy atom. The minimum absolute atomic E-state index is 0.108. The van der Waals surface area contributed by atoms with Crippen molar-refractivity contribution >= 4 is 31.9 Å². The highest BCUT2D eigenvalue weighted by molar-refractivity contribution is 9.10. The molecule has 1 aliphatic carbocycles. The molecule has 0 aromatic heterocycles. The lowest BCUT2D eigenvalue weighted by atomic mass is 9.70. The van der Waals surface area contributed by atoms with Gasteiger partial charge in [0.1, 0.15) is 0 Å². The van der Waals surface area contributed by atoms with E-state index in [1.807, 2.05) is 0 Å². The molecule has 2 aromatic carbocycles. The van der Waals surface area contributed by atoms with Crippen molar-refractivity contribution in [1.29, 1.82) is 0 Å². The number of rotatable bonds is 16. The molecule has 0 spiro atoms. The summed E-state index contributed by atoms with van der Waals surface area (Å²) >= 11 is 7.54. The van der Waals surface area contributed by atoms with Crippen molar-refractivity contribution in [2.24, 2.45) is 0 Å². The van der Waals surface area contributed by atoms with Crippen LogP contribution < -0.4 is 0 Å². The van der Waals surface area contributed by atoms with E-state index in [1.54, 1.807) is 6.92 Å². The average Bonchev–Trinajstić information content (AvgIpc) is 3.06. The van der Waals surface area contributed by atoms with Gasteiger partial charge in [-0.25, -0.2) is 0 Å². The van der Waals surface area contributed by atoms with Gasteiger partial charge in [0.25, 0.3) is 0 Å². The summed E-state index contributed by atoms with van der Waals surface area (Å²) in [5, 5.41) is 19.3. The molecule has 4 heteroatoms. The third-order valence-electron chi connectivity index (χ3n) is 7.75. The zero-order valence-corrected chi connectivity index (χ0v) is 24.8. The molecular weight excluding hydrogens is 564 g/mol. The Labute approximate surface area is 230 Å². The van der Waals surface area contributed by atoms with Gasteiger partial charge >= 0.3 is 0 Å². The molecule has 1 aliphatic rings. The van der Waals surface area contributed by atoms with Crippen LogP contribution in [0.1, 0.15) is 115 Å². The molecule has 0 heterocycles. The number of benzene rings is 2. The minimum atomic E-state index is -0.411. The Balaban J connectivity index is 1.64. The third kappa shape index (κ3) is 7.90. The van der Waals surface area contributed by atoms with E-state index in [4.69, 9.17) is 0 Å². The second-order valence-electron chi connectivity index (χ2n) is 10.7. The second-order valence-corrected chi connectivity index (χ2v) is 12.5. The van der Waals surface area contributed by atoms with Gasteiger partial charge in [-0.3, -0.25) is 0 Å². The zero-order valence-electron chi connectivity index (χ0n) is 21.7. The van der Waals surface area contributed by atoms with Gasteiger partial charge in [-0.15, -0.1) is 0 Å². The Morgan fingerprint density at radius 3 is 1.71 bits per heavy atom. The summed E-state index contributed by atoms with van der Waals surface area (Å²) in [7, 11) is 0. The van der Waals surface area contributed by atoms with Crippen molar-refractivity contribution in [2.45, 2.75) is 121 Å². The Morgan fingerprint density at radius 2 is 1.20 bits per heavy atom. The van der Waals surface area contributed by atoms with Gasteiger partial charge in [0, 0.05) is 14.4 Å². The maximum atomic E-state index is 9.95. The van der Waals surface area contributed by atoms with Crippen molar-refractivity contribution in [2.75, 3.05) is 0 Å². The van der Waals surface area contributed by atoms with E-state index in [9.17, 15) is 10.2 Å². The van der Waals surface area contributed by atoms with Crippen LogP contribution in [0.3, 0.4) is 0 Å². The van der Waals surface area contributed by atoms with E-state index in [0.717, 1.165) is 12.8 Å². The fourth-order valence-electron chi connectivity index (χ4n) is 5.98. The van der Waals surface area contributed by atoms with Gasteiger partial charge in [0.05, 0.1) is 12.2 Å². The van der Waals surface area contributed by atoms with Crippen LogP contribution >= 0.6 is 31.9 Å². The highest BCUT2D eigenvalue weighted by Gasteiger charge is 2.42. The molecule has 3 rings (SSSR count). The molecule has 0 aliphatic heterocycles. The largest absolute Gasteiger partial charge is 0.393 e. The molecule has 2 nitrogen and oxygen atoms in total. The fraction of sp³-hybridized carbons (Fsp3) is 0.613. The van der Waals surface area contributed by atoms with Crippen LogP contribution in [-0.4, -0.2) is 22.4 Å².